The first kappa shape index (κ1) is 12.8. The molecule has 6 nitrogen and oxygen atoms in total. The Morgan fingerprint density at radius 2 is 2.28 bits per heavy atom. The zero-order valence-corrected chi connectivity index (χ0v) is 10.0. The lowest BCUT2D eigenvalue weighted by molar-refractivity contribution is -0.121. The van der Waals surface area contributed by atoms with Crippen LogP contribution in [0.5, 0.6) is 5.75 Å². The van der Waals surface area contributed by atoms with E-state index in [1.165, 1.54) is 0 Å². The molecule has 1 amide bonds. The topological polar surface area (TPSA) is 102 Å². The van der Waals surface area contributed by atoms with Gasteiger partial charge >= 0.3 is 0 Å². The van der Waals surface area contributed by atoms with Crippen LogP contribution in [-0.2, 0) is 11.3 Å². The average Bonchev–Trinajstić information content (AvgIpc) is 2.41. The van der Waals surface area contributed by atoms with E-state index in [4.69, 9.17) is 21.3 Å². The number of rotatable bonds is 4. The van der Waals surface area contributed by atoms with Crippen molar-refractivity contribution in [3.05, 3.63) is 23.8 Å². The Labute approximate surface area is 105 Å². The zero-order chi connectivity index (χ0) is 13.1. The first-order valence-electron chi connectivity index (χ1n) is 5.78. The highest BCUT2D eigenvalue weighted by atomic mass is 16.5. The number of benzene rings is 1. The molecule has 0 fully saturated rings. The van der Waals surface area contributed by atoms with E-state index < -0.39 is 6.04 Å². The van der Waals surface area contributed by atoms with Crippen LogP contribution in [-0.4, -0.2) is 36.8 Å². The number of carbonyl (C=O) groups is 1. The Hall–Kier alpha value is -1.63. The van der Waals surface area contributed by atoms with Crippen LogP contribution in [0.3, 0.4) is 0 Å². The van der Waals surface area contributed by atoms with Crippen molar-refractivity contribution in [3.8, 4) is 5.75 Å². The van der Waals surface area contributed by atoms with Crippen molar-refractivity contribution in [2.24, 2.45) is 11.5 Å². The third-order valence-electron chi connectivity index (χ3n) is 2.85. The van der Waals surface area contributed by atoms with Crippen molar-refractivity contribution in [2.45, 2.75) is 12.6 Å². The lowest BCUT2D eigenvalue weighted by Crippen LogP contribution is -2.46. The summed E-state index contributed by atoms with van der Waals surface area (Å²) in [6.07, 6.45) is 0. The monoisotopic (exact) mass is 251 g/mol. The molecule has 1 heterocycles. The lowest BCUT2D eigenvalue weighted by atomic mass is 10.1. The van der Waals surface area contributed by atoms with Crippen LogP contribution in [0.2, 0.25) is 0 Å². The van der Waals surface area contributed by atoms with Gasteiger partial charge in [0.1, 0.15) is 5.75 Å². The fourth-order valence-electron chi connectivity index (χ4n) is 1.87. The summed E-state index contributed by atoms with van der Waals surface area (Å²) in [5.74, 6) is 0.470. The number of fused-ring (bicyclic) bond motifs is 1. The predicted octanol–water partition coefficient (Wildman–Crippen LogP) is -0.810. The highest BCUT2D eigenvalue weighted by molar-refractivity contribution is 5.98. The largest absolute Gasteiger partial charge is 0.482 e. The number of nitrogens with zero attached hydrogens (tertiary/aromatic N) is 1. The summed E-state index contributed by atoms with van der Waals surface area (Å²) >= 11 is 0. The van der Waals surface area contributed by atoms with E-state index in [1.807, 2.05) is 12.1 Å². The van der Waals surface area contributed by atoms with Gasteiger partial charge in [-0.2, -0.15) is 0 Å². The van der Waals surface area contributed by atoms with E-state index in [0.29, 0.717) is 18.0 Å². The van der Waals surface area contributed by atoms with Gasteiger partial charge in [-0.05, 0) is 17.7 Å². The number of aliphatic hydroxyl groups is 1. The number of anilines is 1. The molecule has 0 aliphatic carbocycles. The van der Waals surface area contributed by atoms with Gasteiger partial charge in [0.2, 0.25) is 0 Å². The minimum absolute atomic E-state index is 0.00683. The lowest BCUT2D eigenvalue weighted by Gasteiger charge is -2.31. The highest BCUT2D eigenvalue weighted by Gasteiger charge is 2.26. The van der Waals surface area contributed by atoms with Crippen molar-refractivity contribution in [3.63, 3.8) is 0 Å². The summed E-state index contributed by atoms with van der Waals surface area (Å²) < 4.78 is 5.35. The molecule has 0 aromatic heterocycles. The molecule has 2 rings (SSSR count). The van der Waals surface area contributed by atoms with Crippen molar-refractivity contribution in [1.29, 1.82) is 0 Å². The number of hydrogen-bond acceptors (Lipinski definition) is 5. The van der Waals surface area contributed by atoms with Gasteiger partial charge in [-0.3, -0.25) is 4.79 Å². The average molecular weight is 251 g/mol. The van der Waals surface area contributed by atoms with Gasteiger partial charge in [-0.1, -0.05) is 6.07 Å². The summed E-state index contributed by atoms with van der Waals surface area (Å²) in [7, 11) is 0. The normalized spacial score (nSPS) is 16.2. The fraction of sp³-hybridized carbons (Fsp3) is 0.417. The molecule has 0 radical (unpaired) electrons. The summed E-state index contributed by atoms with van der Waals surface area (Å²) in [5.41, 5.74) is 12.8. The van der Waals surface area contributed by atoms with Gasteiger partial charge in [0.15, 0.2) is 6.61 Å². The van der Waals surface area contributed by atoms with Crippen molar-refractivity contribution in [1.82, 2.24) is 0 Å². The number of aliphatic hydroxyl groups excluding tert-OH is 1. The molecular weight excluding hydrogens is 234 g/mol. The fourth-order valence-corrected chi connectivity index (χ4v) is 1.87. The van der Waals surface area contributed by atoms with Gasteiger partial charge < -0.3 is 26.2 Å². The zero-order valence-electron chi connectivity index (χ0n) is 10.0. The Morgan fingerprint density at radius 1 is 1.50 bits per heavy atom. The molecule has 1 aliphatic rings. The molecular formula is C12H17N3O3. The second kappa shape index (κ2) is 5.34. The molecule has 1 unspecified atom stereocenters. The standard InChI is InChI=1S/C12H17N3O3/c13-4-8-1-2-11-10(3-8)15(5-9(14)6-16)12(17)7-18-11/h1-3,9,16H,4-7,13-14H2. The quantitative estimate of drug-likeness (QED) is 0.649. The number of nitrogens with two attached hydrogens (primary N) is 2. The number of hydrogen-bond donors (Lipinski definition) is 3. The summed E-state index contributed by atoms with van der Waals surface area (Å²) in [6.45, 7) is 0.477. The Balaban J connectivity index is 2.32. The van der Waals surface area contributed by atoms with Crippen LogP contribution in [0.4, 0.5) is 5.69 Å². The van der Waals surface area contributed by atoms with E-state index >= 15 is 0 Å². The molecule has 0 bridgehead atoms. The maximum atomic E-state index is 11.8. The Bertz CT molecular complexity index is 450. The van der Waals surface area contributed by atoms with Gasteiger partial charge in [0.05, 0.1) is 12.3 Å². The number of amides is 1. The molecule has 0 spiro atoms. The number of ether oxygens (including phenoxy) is 1. The molecule has 1 aliphatic heterocycles. The molecule has 1 aromatic carbocycles. The van der Waals surface area contributed by atoms with E-state index in [9.17, 15) is 4.79 Å². The van der Waals surface area contributed by atoms with Crippen LogP contribution in [0.25, 0.3) is 0 Å². The first-order chi connectivity index (χ1) is 8.65. The Morgan fingerprint density at radius 3 is 2.94 bits per heavy atom. The van der Waals surface area contributed by atoms with E-state index in [0.717, 1.165) is 5.56 Å². The Kier molecular flexibility index (Phi) is 3.81. The number of carbonyl (C=O) groups excluding carboxylic acids is 1. The minimum atomic E-state index is -0.471. The molecule has 6 heteroatoms. The second-order valence-electron chi connectivity index (χ2n) is 4.24. The van der Waals surface area contributed by atoms with Crippen LogP contribution in [0.1, 0.15) is 5.56 Å². The molecule has 1 atom stereocenters. The van der Waals surface area contributed by atoms with Crippen LogP contribution >= 0.6 is 0 Å². The molecule has 0 saturated heterocycles. The summed E-state index contributed by atoms with van der Waals surface area (Å²) in [6, 6.07) is 5.00. The van der Waals surface area contributed by atoms with Crippen LogP contribution in [0.15, 0.2) is 18.2 Å². The molecule has 98 valence electrons. The predicted molar refractivity (Wildman–Crippen MR) is 67.2 cm³/mol. The SMILES string of the molecule is NCc1ccc2c(c1)N(CC(N)CO)C(=O)CO2. The molecule has 0 saturated carbocycles. The van der Waals surface area contributed by atoms with Gasteiger partial charge in [-0.15, -0.1) is 0 Å². The molecule has 18 heavy (non-hydrogen) atoms. The highest BCUT2D eigenvalue weighted by Crippen LogP contribution is 2.32. The van der Waals surface area contributed by atoms with Crippen LogP contribution in [0, 0.1) is 0 Å². The van der Waals surface area contributed by atoms with E-state index in [-0.39, 0.29) is 25.7 Å². The van der Waals surface area contributed by atoms with Crippen molar-refractivity contribution in [2.75, 3.05) is 24.7 Å². The van der Waals surface area contributed by atoms with Gasteiger partial charge in [0, 0.05) is 19.1 Å². The second-order valence-corrected chi connectivity index (χ2v) is 4.24. The van der Waals surface area contributed by atoms with E-state index in [2.05, 4.69) is 0 Å². The maximum absolute atomic E-state index is 11.8. The smallest absolute Gasteiger partial charge is 0.265 e. The molecule has 5 N–H and O–H groups in total. The first-order valence-corrected chi connectivity index (χ1v) is 5.78. The minimum Gasteiger partial charge on any atom is -0.482 e. The molecule has 1 aromatic rings. The van der Waals surface area contributed by atoms with Gasteiger partial charge in [-0.25, -0.2) is 0 Å². The van der Waals surface area contributed by atoms with Crippen LogP contribution < -0.4 is 21.1 Å². The van der Waals surface area contributed by atoms with Crippen molar-refractivity contribution < 1.29 is 14.6 Å². The third-order valence-corrected chi connectivity index (χ3v) is 2.85. The summed E-state index contributed by atoms with van der Waals surface area (Å²) in [4.78, 5) is 13.4. The van der Waals surface area contributed by atoms with Crippen molar-refractivity contribution >= 4 is 11.6 Å². The third kappa shape index (κ3) is 2.45. The van der Waals surface area contributed by atoms with Gasteiger partial charge in [0.25, 0.3) is 5.91 Å². The summed E-state index contributed by atoms with van der Waals surface area (Å²) in [5, 5.41) is 8.99. The van der Waals surface area contributed by atoms with E-state index in [1.54, 1.807) is 11.0 Å². The maximum Gasteiger partial charge on any atom is 0.265 e.